The molecule has 0 spiro atoms. The van der Waals surface area contributed by atoms with E-state index >= 15 is 0 Å². The Morgan fingerprint density at radius 2 is 1.88 bits per heavy atom. The SMILES string of the molecule is Cc1ccccc1-c1ccc(CN2C(C(=O)NO)CCS2(=O)=O)cc1. The predicted octanol–water partition coefficient (Wildman–Crippen LogP) is 2.07. The molecule has 7 heteroatoms. The van der Waals surface area contributed by atoms with Crippen molar-refractivity contribution < 1.29 is 18.4 Å². The topological polar surface area (TPSA) is 86.7 Å². The van der Waals surface area contributed by atoms with Crippen LogP contribution >= 0.6 is 0 Å². The van der Waals surface area contributed by atoms with Gasteiger partial charge in [0, 0.05) is 6.54 Å². The molecular weight excluding hydrogens is 340 g/mol. The van der Waals surface area contributed by atoms with E-state index in [0.717, 1.165) is 26.6 Å². The van der Waals surface area contributed by atoms with Crippen molar-refractivity contribution in [3.8, 4) is 11.1 Å². The first-order valence-electron chi connectivity index (χ1n) is 8.01. The first-order valence-corrected chi connectivity index (χ1v) is 9.62. The molecule has 1 unspecified atom stereocenters. The highest BCUT2D eigenvalue weighted by Gasteiger charge is 2.41. The van der Waals surface area contributed by atoms with Crippen molar-refractivity contribution in [3.05, 3.63) is 59.7 Å². The van der Waals surface area contributed by atoms with E-state index in [0.29, 0.717) is 0 Å². The number of sulfonamides is 1. The van der Waals surface area contributed by atoms with Gasteiger partial charge in [-0.25, -0.2) is 13.9 Å². The van der Waals surface area contributed by atoms with Gasteiger partial charge in [0.2, 0.25) is 10.0 Å². The Morgan fingerprint density at radius 3 is 2.52 bits per heavy atom. The van der Waals surface area contributed by atoms with E-state index in [9.17, 15) is 13.2 Å². The van der Waals surface area contributed by atoms with Crippen LogP contribution in [0.2, 0.25) is 0 Å². The number of carbonyl (C=O) groups is 1. The Hall–Kier alpha value is -2.22. The molecule has 2 aromatic carbocycles. The summed E-state index contributed by atoms with van der Waals surface area (Å²) in [4.78, 5) is 11.7. The minimum atomic E-state index is -3.50. The number of rotatable bonds is 4. The largest absolute Gasteiger partial charge is 0.289 e. The molecule has 2 aromatic rings. The van der Waals surface area contributed by atoms with Crippen LogP contribution in [0.3, 0.4) is 0 Å². The third-order valence-electron chi connectivity index (χ3n) is 4.52. The number of amides is 1. The van der Waals surface area contributed by atoms with Crippen LogP contribution in [0.4, 0.5) is 0 Å². The first-order chi connectivity index (χ1) is 11.9. The zero-order chi connectivity index (χ0) is 18.0. The van der Waals surface area contributed by atoms with Crippen LogP contribution in [0, 0.1) is 6.92 Å². The molecule has 0 bridgehead atoms. The number of benzene rings is 2. The maximum absolute atomic E-state index is 12.2. The van der Waals surface area contributed by atoms with E-state index in [1.165, 1.54) is 0 Å². The average molecular weight is 360 g/mol. The van der Waals surface area contributed by atoms with Crippen molar-refractivity contribution in [2.45, 2.75) is 25.9 Å². The second-order valence-electron chi connectivity index (χ2n) is 6.15. The Bertz CT molecular complexity index is 878. The van der Waals surface area contributed by atoms with Crippen molar-refractivity contribution in [2.24, 2.45) is 0 Å². The van der Waals surface area contributed by atoms with Gasteiger partial charge in [0.1, 0.15) is 6.04 Å². The lowest BCUT2D eigenvalue weighted by atomic mass is 9.99. The molecule has 132 valence electrons. The number of hydrogen-bond donors (Lipinski definition) is 2. The molecule has 1 atom stereocenters. The molecule has 1 fully saturated rings. The molecule has 1 aliphatic rings. The van der Waals surface area contributed by atoms with Gasteiger partial charge in [-0.15, -0.1) is 0 Å². The molecule has 1 amide bonds. The molecule has 25 heavy (non-hydrogen) atoms. The maximum Gasteiger partial charge on any atom is 0.261 e. The summed E-state index contributed by atoms with van der Waals surface area (Å²) in [7, 11) is -3.50. The van der Waals surface area contributed by atoms with Crippen molar-refractivity contribution in [1.29, 1.82) is 0 Å². The van der Waals surface area contributed by atoms with Crippen LogP contribution in [0.25, 0.3) is 11.1 Å². The van der Waals surface area contributed by atoms with Crippen LogP contribution in [-0.4, -0.2) is 35.6 Å². The van der Waals surface area contributed by atoms with Gasteiger partial charge in [0.05, 0.1) is 5.75 Å². The summed E-state index contributed by atoms with van der Waals surface area (Å²) in [6.07, 6.45) is 0.177. The summed E-state index contributed by atoms with van der Waals surface area (Å²) < 4.78 is 25.5. The summed E-state index contributed by atoms with van der Waals surface area (Å²) in [6.45, 7) is 2.15. The second-order valence-corrected chi connectivity index (χ2v) is 8.19. The zero-order valence-electron chi connectivity index (χ0n) is 13.8. The molecular formula is C18H20N2O4S. The van der Waals surface area contributed by atoms with E-state index < -0.39 is 22.0 Å². The van der Waals surface area contributed by atoms with Gasteiger partial charge < -0.3 is 0 Å². The van der Waals surface area contributed by atoms with Crippen LogP contribution in [0.15, 0.2) is 48.5 Å². The molecule has 0 aliphatic carbocycles. The van der Waals surface area contributed by atoms with Gasteiger partial charge in [0.15, 0.2) is 0 Å². The Labute approximate surface area is 147 Å². The van der Waals surface area contributed by atoms with Crippen molar-refractivity contribution in [1.82, 2.24) is 9.79 Å². The first kappa shape index (κ1) is 17.6. The molecule has 1 saturated heterocycles. The average Bonchev–Trinajstić information content (AvgIpc) is 2.90. The smallest absolute Gasteiger partial charge is 0.261 e. The van der Waals surface area contributed by atoms with Crippen molar-refractivity contribution >= 4 is 15.9 Å². The normalized spacial score (nSPS) is 19.7. The van der Waals surface area contributed by atoms with Gasteiger partial charge in [-0.05, 0) is 35.6 Å². The zero-order valence-corrected chi connectivity index (χ0v) is 14.7. The second kappa shape index (κ2) is 6.95. The van der Waals surface area contributed by atoms with E-state index in [1.54, 1.807) is 5.48 Å². The van der Waals surface area contributed by atoms with E-state index in [1.807, 2.05) is 55.5 Å². The standard InChI is InChI=1S/C18H20N2O4S/c1-13-4-2-3-5-16(13)15-8-6-14(7-9-15)12-20-17(18(21)19-22)10-11-25(20,23)24/h2-9,17,22H,10-12H2,1H3,(H,19,21). The van der Waals surface area contributed by atoms with Gasteiger partial charge in [-0.3, -0.25) is 10.0 Å². The Kier molecular flexibility index (Phi) is 4.89. The highest BCUT2D eigenvalue weighted by molar-refractivity contribution is 7.89. The molecule has 2 N–H and O–H groups in total. The third kappa shape index (κ3) is 3.58. The lowest BCUT2D eigenvalue weighted by Crippen LogP contribution is -2.43. The van der Waals surface area contributed by atoms with Crippen LogP contribution in [0.5, 0.6) is 0 Å². The highest BCUT2D eigenvalue weighted by atomic mass is 32.2. The number of nitrogens with zero attached hydrogens (tertiary/aromatic N) is 1. The number of hydroxylamine groups is 1. The summed E-state index contributed by atoms with van der Waals surface area (Å²) in [6, 6.07) is 14.8. The minimum Gasteiger partial charge on any atom is -0.289 e. The molecule has 3 rings (SSSR count). The van der Waals surface area contributed by atoms with Crippen LogP contribution in [0.1, 0.15) is 17.5 Å². The number of nitrogens with one attached hydrogen (secondary N) is 1. The Morgan fingerprint density at radius 1 is 1.20 bits per heavy atom. The maximum atomic E-state index is 12.2. The van der Waals surface area contributed by atoms with Crippen LogP contribution in [-0.2, 0) is 21.4 Å². The van der Waals surface area contributed by atoms with Gasteiger partial charge in [-0.2, -0.15) is 4.31 Å². The predicted molar refractivity (Wildman–Crippen MR) is 94.3 cm³/mol. The van der Waals surface area contributed by atoms with E-state index in [-0.39, 0.29) is 18.7 Å². The fraction of sp³-hybridized carbons (Fsp3) is 0.278. The molecule has 0 aromatic heterocycles. The lowest BCUT2D eigenvalue weighted by molar-refractivity contribution is -0.133. The van der Waals surface area contributed by atoms with Crippen LogP contribution < -0.4 is 5.48 Å². The number of carbonyl (C=O) groups excluding carboxylic acids is 1. The summed E-state index contributed by atoms with van der Waals surface area (Å²) in [5, 5.41) is 8.82. The fourth-order valence-electron chi connectivity index (χ4n) is 3.13. The Balaban J connectivity index is 1.83. The van der Waals surface area contributed by atoms with Gasteiger partial charge in [-0.1, -0.05) is 48.5 Å². The van der Waals surface area contributed by atoms with Gasteiger partial charge in [0.25, 0.3) is 5.91 Å². The monoisotopic (exact) mass is 360 g/mol. The molecule has 0 saturated carbocycles. The minimum absolute atomic E-state index is 0.0909. The highest BCUT2D eigenvalue weighted by Crippen LogP contribution is 2.27. The quantitative estimate of drug-likeness (QED) is 0.645. The molecule has 1 aliphatic heterocycles. The van der Waals surface area contributed by atoms with E-state index in [2.05, 4.69) is 0 Å². The lowest BCUT2D eigenvalue weighted by Gasteiger charge is -2.21. The number of aryl methyl sites for hydroxylation is 1. The van der Waals surface area contributed by atoms with E-state index in [4.69, 9.17) is 5.21 Å². The molecule has 0 radical (unpaired) electrons. The molecule has 6 nitrogen and oxygen atoms in total. The fourth-order valence-corrected chi connectivity index (χ4v) is 4.82. The van der Waals surface area contributed by atoms with Crippen molar-refractivity contribution in [2.75, 3.05) is 5.75 Å². The molecule has 1 heterocycles. The summed E-state index contributed by atoms with van der Waals surface area (Å²) in [5.74, 6) is -0.788. The third-order valence-corrected chi connectivity index (χ3v) is 6.37. The van der Waals surface area contributed by atoms with Gasteiger partial charge >= 0.3 is 0 Å². The summed E-state index contributed by atoms with van der Waals surface area (Å²) >= 11 is 0. The summed E-state index contributed by atoms with van der Waals surface area (Å²) in [5.41, 5.74) is 5.68. The van der Waals surface area contributed by atoms with Crippen molar-refractivity contribution in [3.63, 3.8) is 0 Å². The number of hydrogen-bond acceptors (Lipinski definition) is 4.